The quantitative estimate of drug-likeness (QED) is 0.632. The van der Waals surface area contributed by atoms with Crippen LogP contribution in [0.25, 0.3) is 0 Å². The van der Waals surface area contributed by atoms with Gasteiger partial charge in [-0.25, -0.2) is 4.79 Å². The second kappa shape index (κ2) is 5.52. The summed E-state index contributed by atoms with van der Waals surface area (Å²) in [4.78, 5) is 11.4. The molecule has 0 bridgehead atoms. The number of morpholine rings is 1. The molecule has 2 aliphatic rings. The number of methoxy groups -OCH3 is 1. The van der Waals surface area contributed by atoms with E-state index in [-0.39, 0.29) is 19.7 Å². The fraction of sp³-hybridized carbons (Fsp3) is 0.900. The number of carbonyl (C=O) groups is 1. The van der Waals surface area contributed by atoms with Crippen molar-refractivity contribution in [2.75, 3.05) is 39.9 Å². The molecule has 0 aromatic carbocycles. The van der Waals surface area contributed by atoms with E-state index in [0.29, 0.717) is 13.1 Å². The van der Waals surface area contributed by atoms with Crippen molar-refractivity contribution in [3.05, 3.63) is 0 Å². The monoisotopic (exact) mass is 278 g/mol. The Morgan fingerprint density at radius 1 is 1.22 bits per heavy atom. The van der Waals surface area contributed by atoms with Gasteiger partial charge in [0.05, 0.1) is 20.3 Å². The number of hydrogen-bond donors (Lipinski definition) is 0. The summed E-state index contributed by atoms with van der Waals surface area (Å²) in [6.07, 6.45) is 0.967. The summed E-state index contributed by atoms with van der Waals surface area (Å²) in [5.74, 6) is -0.531. The fourth-order valence-electron chi connectivity index (χ4n) is 2.19. The molecule has 0 spiro atoms. The first-order valence-corrected chi connectivity index (χ1v) is 7.40. The third-order valence-electron chi connectivity index (χ3n) is 3.21. The van der Waals surface area contributed by atoms with Crippen LogP contribution in [-0.2, 0) is 24.5 Å². The molecule has 0 N–H and O–H groups in total. The van der Waals surface area contributed by atoms with Crippen molar-refractivity contribution in [2.45, 2.75) is 18.9 Å². The maximum atomic E-state index is 12.3. The minimum absolute atomic E-state index is 0.0332. The van der Waals surface area contributed by atoms with Gasteiger partial charge in [0.2, 0.25) is 0 Å². The van der Waals surface area contributed by atoms with E-state index < -0.39 is 22.3 Å². The van der Waals surface area contributed by atoms with E-state index >= 15 is 0 Å². The molecule has 2 fully saturated rings. The number of nitrogens with zero attached hydrogens (tertiary/aromatic N) is 2. The summed E-state index contributed by atoms with van der Waals surface area (Å²) in [6, 6.07) is 0. The van der Waals surface area contributed by atoms with Crippen molar-refractivity contribution in [1.82, 2.24) is 8.61 Å². The predicted octanol–water partition coefficient (Wildman–Crippen LogP) is -0.799. The van der Waals surface area contributed by atoms with E-state index in [1.807, 2.05) is 0 Å². The highest BCUT2D eigenvalue weighted by Gasteiger charge is 2.37. The average molecular weight is 278 g/mol. The van der Waals surface area contributed by atoms with Gasteiger partial charge in [-0.3, -0.25) is 0 Å². The minimum Gasteiger partial charge on any atom is -0.467 e. The molecule has 2 heterocycles. The second-order valence-corrected chi connectivity index (χ2v) is 6.28. The van der Waals surface area contributed by atoms with Gasteiger partial charge in [-0.1, -0.05) is 0 Å². The maximum absolute atomic E-state index is 12.3. The predicted molar refractivity (Wildman–Crippen MR) is 63.1 cm³/mol. The summed E-state index contributed by atoms with van der Waals surface area (Å²) in [7, 11) is -2.19. The molecule has 2 aliphatic heterocycles. The molecular formula is C10H18N2O5S. The highest BCUT2D eigenvalue weighted by atomic mass is 32.2. The zero-order chi connectivity index (χ0) is 13.2. The molecule has 1 atom stereocenters. The number of rotatable bonds is 3. The Bertz CT molecular complexity index is 404. The Labute approximate surface area is 107 Å². The van der Waals surface area contributed by atoms with Crippen molar-refractivity contribution in [2.24, 2.45) is 0 Å². The number of hydrogen-bond acceptors (Lipinski definition) is 5. The Morgan fingerprint density at radius 3 is 2.50 bits per heavy atom. The van der Waals surface area contributed by atoms with Gasteiger partial charge in [-0.15, -0.1) is 0 Å². The van der Waals surface area contributed by atoms with Gasteiger partial charge in [-0.05, 0) is 12.8 Å². The lowest BCUT2D eigenvalue weighted by Crippen LogP contribution is -2.52. The molecule has 0 aromatic heterocycles. The molecule has 2 saturated heterocycles. The first-order valence-electron chi connectivity index (χ1n) is 6.00. The number of ether oxygens (including phenoxy) is 2. The van der Waals surface area contributed by atoms with Crippen molar-refractivity contribution in [1.29, 1.82) is 0 Å². The smallest absolute Gasteiger partial charge is 0.336 e. The van der Waals surface area contributed by atoms with Crippen LogP contribution >= 0.6 is 0 Å². The molecular weight excluding hydrogens is 260 g/mol. The molecule has 0 radical (unpaired) electrons. The van der Waals surface area contributed by atoms with Gasteiger partial charge >= 0.3 is 5.97 Å². The largest absolute Gasteiger partial charge is 0.467 e. The van der Waals surface area contributed by atoms with Gasteiger partial charge in [-0.2, -0.15) is 17.0 Å². The van der Waals surface area contributed by atoms with Crippen LogP contribution < -0.4 is 0 Å². The summed E-state index contributed by atoms with van der Waals surface area (Å²) in [6.45, 7) is 1.65. The van der Waals surface area contributed by atoms with Gasteiger partial charge in [0.1, 0.15) is 0 Å². The van der Waals surface area contributed by atoms with Gasteiger partial charge in [0.15, 0.2) is 6.10 Å². The molecule has 0 aliphatic carbocycles. The van der Waals surface area contributed by atoms with Crippen LogP contribution in [0.2, 0.25) is 0 Å². The molecule has 104 valence electrons. The van der Waals surface area contributed by atoms with E-state index in [2.05, 4.69) is 4.74 Å². The van der Waals surface area contributed by atoms with Crippen molar-refractivity contribution in [3.63, 3.8) is 0 Å². The lowest BCUT2D eigenvalue weighted by molar-refractivity contribution is -0.157. The van der Waals surface area contributed by atoms with E-state index in [9.17, 15) is 13.2 Å². The summed E-state index contributed by atoms with van der Waals surface area (Å²) >= 11 is 0. The highest BCUT2D eigenvalue weighted by molar-refractivity contribution is 7.86. The van der Waals surface area contributed by atoms with E-state index in [1.165, 1.54) is 15.7 Å². The van der Waals surface area contributed by atoms with Crippen LogP contribution in [0.4, 0.5) is 0 Å². The fourth-order valence-corrected chi connectivity index (χ4v) is 3.87. The molecule has 2 rings (SSSR count). The van der Waals surface area contributed by atoms with Crippen LogP contribution in [0.15, 0.2) is 0 Å². The van der Waals surface area contributed by atoms with Crippen molar-refractivity contribution >= 4 is 16.2 Å². The lowest BCUT2D eigenvalue weighted by atomic mass is 10.3. The third kappa shape index (κ3) is 2.66. The van der Waals surface area contributed by atoms with Crippen LogP contribution in [0.3, 0.4) is 0 Å². The van der Waals surface area contributed by atoms with Crippen LogP contribution in [0, 0.1) is 0 Å². The zero-order valence-corrected chi connectivity index (χ0v) is 11.2. The first-order chi connectivity index (χ1) is 8.55. The Hall–Kier alpha value is -0.700. The van der Waals surface area contributed by atoms with E-state index in [1.54, 1.807) is 0 Å². The normalized spacial score (nSPS) is 27.3. The highest BCUT2D eigenvalue weighted by Crippen LogP contribution is 2.19. The van der Waals surface area contributed by atoms with Crippen molar-refractivity contribution in [3.8, 4) is 0 Å². The summed E-state index contributed by atoms with van der Waals surface area (Å²) in [5, 5.41) is 0. The molecule has 0 amide bonds. The van der Waals surface area contributed by atoms with Gasteiger partial charge in [0, 0.05) is 19.6 Å². The maximum Gasteiger partial charge on any atom is 0.336 e. The molecule has 1 unspecified atom stereocenters. The Balaban J connectivity index is 2.06. The SMILES string of the molecule is COC(=O)C1CN(S(=O)(=O)N2CCCC2)CCO1. The Kier molecular flexibility index (Phi) is 4.21. The number of carbonyl (C=O) groups excluding carboxylic acids is 1. The molecule has 7 nitrogen and oxygen atoms in total. The third-order valence-corrected chi connectivity index (χ3v) is 5.21. The molecule has 18 heavy (non-hydrogen) atoms. The zero-order valence-electron chi connectivity index (χ0n) is 10.4. The minimum atomic E-state index is -3.46. The van der Waals surface area contributed by atoms with Crippen LogP contribution in [0.5, 0.6) is 0 Å². The second-order valence-electron chi connectivity index (χ2n) is 4.35. The topological polar surface area (TPSA) is 76.2 Å². The molecule has 8 heteroatoms. The molecule has 0 aromatic rings. The van der Waals surface area contributed by atoms with Crippen LogP contribution in [-0.4, -0.2) is 69.0 Å². The van der Waals surface area contributed by atoms with E-state index in [0.717, 1.165) is 12.8 Å². The average Bonchev–Trinajstić information content (AvgIpc) is 2.92. The van der Waals surface area contributed by atoms with E-state index in [4.69, 9.17) is 4.74 Å². The van der Waals surface area contributed by atoms with Gasteiger partial charge in [0.25, 0.3) is 10.2 Å². The lowest BCUT2D eigenvalue weighted by Gasteiger charge is -2.33. The van der Waals surface area contributed by atoms with Gasteiger partial charge < -0.3 is 9.47 Å². The standard InChI is InChI=1S/C10H18N2O5S/c1-16-10(13)9-8-12(6-7-17-9)18(14,15)11-4-2-3-5-11/h9H,2-8H2,1H3. The van der Waals surface area contributed by atoms with Crippen LogP contribution in [0.1, 0.15) is 12.8 Å². The van der Waals surface area contributed by atoms with Crippen molar-refractivity contribution < 1.29 is 22.7 Å². The first kappa shape index (κ1) is 13.7. The molecule has 0 saturated carbocycles. The summed E-state index contributed by atoms with van der Waals surface area (Å²) < 4.78 is 37.1. The number of esters is 1. The Morgan fingerprint density at radius 2 is 1.89 bits per heavy atom. The summed E-state index contributed by atoms with van der Waals surface area (Å²) in [5.41, 5.74) is 0.